The molecule has 0 aromatic heterocycles. The molecule has 4 nitrogen and oxygen atoms in total. The van der Waals surface area contributed by atoms with E-state index in [0.717, 1.165) is 18.2 Å². The smallest absolute Gasteiger partial charge is 0.255 e. The number of ether oxygens (including phenoxy) is 2. The van der Waals surface area contributed by atoms with E-state index in [0.29, 0.717) is 23.6 Å². The van der Waals surface area contributed by atoms with Crippen LogP contribution >= 0.6 is 15.9 Å². The van der Waals surface area contributed by atoms with E-state index in [1.165, 1.54) is 0 Å². The van der Waals surface area contributed by atoms with Gasteiger partial charge in [0.1, 0.15) is 11.5 Å². The van der Waals surface area contributed by atoms with E-state index in [-0.39, 0.29) is 11.3 Å². The molecule has 0 radical (unpaired) electrons. The largest absolute Gasteiger partial charge is 0.497 e. The predicted molar refractivity (Wildman–Crippen MR) is 88.7 cm³/mol. The third kappa shape index (κ3) is 5.58. The lowest BCUT2D eigenvalue weighted by Gasteiger charge is -2.24. The lowest BCUT2D eigenvalue weighted by molar-refractivity contribution is 0.0931. The molecule has 0 aliphatic carbocycles. The van der Waals surface area contributed by atoms with Gasteiger partial charge in [0.25, 0.3) is 5.91 Å². The van der Waals surface area contributed by atoms with E-state index in [9.17, 15) is 4.79 Å². The monoisotopic (exact) mass is 357 g/mol. The number of methoxy groups -OCH3 is 2. The molecule has 0 spiro atoms. The molecule has 0 aliphatic rings. The molecule has 1 aromatic rings. The highest BCUT2D eigenvalue weighted by Crippen LogP contribution is 2.25. The first kappa shape index (κ1) is 17.8. The fraction of sp³-hybridized carbons (Fsp3) is 0.562. The third-order valence-corrected chi connectivity index (χ3v) is 3.93. The van der Waals surface area contributed by atoms with Crippen molar-refractivity contribution in [1.82, 2.24) is 5.32 Å². The van der Waals surface area contributed by atoms with Crippen molar-refractivity contribution in [2.24, 2.45) is 5.41 Å². The van der Waals surface area contributed by atoms with Crippen LogP contribution in [0.4, 0.5) is 0 Å². The van der Waals surface area contributed by atoms with Gasteiger partial charge in [0.15, 0.2) is 0 Å². The minimum Gasteiger partial charge on any atom is -0.497 e. The Kier molecular flexibility index (Phi) is 7.02. The quantitative estimate of drug-likeness (QED) is 0.722. The van der Waals surface area contributed by atoms with Crippen molar-refractivity contribution < 1.29 is 14.3 Å². The Hall–Kier alpha value is -1.23. The highest BCUT2D eigenvalue weighted by Gasteiger charge is 2.20. The molecule has 0 unspecified atom stereocenters. The molecule has 0 fully saturated rings. The van der Waals surface area contributed by atoms with Crippen molar-refractivity contribution in [2.45, 2.75) is 26.7 Å². The van der Waals surface area contributed by atoms with Crippen molar-refractivity contribution >= 4 is 21.8 Å². The summed E-state index contributed by atoms with van der Waals surface area (Å²) in [5.41, 5.74) is 0.559. The number of carbonyl (C=O) groups is 1. The Balaban J connectivity index is 2.75. The van der Waals surface area contributed by atoms with E-state index >= 15 is 0 Å². The van der Waals surface area contributed by atoms with Gasteiger partial charge >= 0.3 is 0 Å². The van der Waals surface area contributed by atoms with Gasteiger partial charge < -0.3 is 14.8 Å². The van der Waals surface area contributed by atoms with Gasteiger partial charge in [0.05, 0.1) is 19.8 Å². The van der Waals surface area contributed by atoms with E-state index in [4.69, 9.17) is 9.47 Å². The maximum Gasteiger partial charge on any atom is 0.255 e. The number of amides is 1. The Morgan fingerprint density at radius 3 is 2.57 bits per heavy atom. The zero-order chi connectivity index (χ0) is 15.9. The Morgan fingerprint density at radius 1 is 1.29 bits per heavy atom. The molecule has 0 aliphatic heterocycles. The average molecular weight is 358 g/mol. The fourth-order valence-electron chi connectivity index (χ4n) is 2.04. The summed E-state index contributed by atoms with van der Waals surface area (Å²) < 4.78 is 10.4. The standard InChI is InChI=1S/C16H24BrNO3/c1-16(2,8-5-9-17)11-18-15(19)13-10-12(20-3)6-7-14(13)21-4/h6-7,10H,5,8-9,11H2,1-4H3,(H,18,19). The van der Waals surface area contributed by atoms with Gasteiger partial charge in [-0.15, -0.1) is 0 Å². The summed E-state index contributed by atoms with van der Waals surface area (Å²) in [7, 11) is 3.13. The number of halogens is 1. The number of hydrogen-bond acceptors (Lipinski definition) is 3. The molecule has 0 heterocycles. The van der Waals surface area contributed by atoms with Crippen molar-refractivity contribution in [1.29, 1.82) is 0 Å². The maximum atomic E-state index is 12.4. The molecule has 0 atom stereocenters. The van der Waals surface area contributed by atoms with Crippen LogP contribution in [0.15, 0.2) is 18.2 Å². The third-order valence-electron chi connectivity index (χ3n) is 3.37. The number of hydrogen-bond donors (Lipinski definition) is 1. The predicted octanol–water partition coefficient (Wildman–Crippen LogP) is 3.63. The summed E-state index contributed by atoms with van der Waals surface area (Å²) in [4.78, 5) is 12.4. The van der Waals surface area contributed by atoms with E-state index in [1.807, 2.05) is 0 Å². The summed E-state index contributed by atoms with van der Waals surface area (Å²) in [6.45, 7) is 4.93. The van der Waals surface area contributed by atoms with Crippen molar-refractivity contribution in [3.63, 3.8) is 0 Å². The van der Waals surface area contributed by atoms with Crippen LogP contribution < -0.4 is 14.8 Å². The van der Waals surface area contributed by atoms with Crippen LogP contribution in [-0.2, 0) is 0 Å². The first-order chi connectivity index (χ1) is 9.93. The lowest BCUT2D eigenvalue weighted by Crippen LogP contribution is -2.34. The van der Waals surface area contributed by atoms with E-state index < -0.39 is 0 Å². The molecule has 0 bridgehead atoms. The van der Waals surface area contributed by atoms with Crippen LogP contribution in [-0.4, -0.2) is 32.0 Å². The topological polar surface area (TPSA) is 47.6 Å². The second kappa shape index (κ2) is 8.27. The molecular formula is C16H24BrNO3. The zero-order valence-corrected chi connectivity index (χ0v) is 14.7. The lowest BCUT2D eigenvalue weighted by atomic mass is 9.88. The number of carbonyl (C=O) groups excluding carboxylic acids is 1. The van der Waals surface area contributed by atoms with Gasteiger partial charge in [0.2, 0.25) is 0 Å². The normalized spacial score (nSPS) is 11.1. The minimum atomic E-state index is -0.141. The molecule has 21 heavy (non-hydrogen) atoms. The van der Waals surface area contributed by atoms with Gasteiger partial charge in [-0.2, -0.15) is 0 Å². The molecule has 1 aromatic carbocycles. The second-order valence-corrected chi connectivity index (χ2v) is 6.50. The molecule has 1 N–H and O–H groups in total. The molecule has 118 valence electrons. The van der Waals surface area contributed by atoms with Crippen LogP contribution in [0.1, 0.15) is 37.0 Å². The van der Waals surface area contributed by atoms with Crippen molar-refractivity contribution in [2.75, 3.05) is 26.1 Å². The molecular weight excluding hydrogens is 334 g/mol. The summed E-state index contributed by atoms with van der Waals surface area (Å²) >= 11 is 3.44. The number of benzene rings is 1. The average Bonchev–Trinajstić information content (AvgIpc) is 2.50. The van der Waals surface area contributed by atoms with Crippen LogP contribution in [0.25, 0.3) is 0 Å². The van der Waals surface area contributed by atoms with E-state index in [2.05, 4.69) is 35.1 Å². The number of rotatable bonds is 8. The SMILES string of the molecule is COc1ccc(OC)c(C(=O)NCC(C)(C)CCCBr)c1. The molecule has 0 saturated carbocycles. The summed E-state index contributed by atoms with van der Waals surface area (Å²) in [6, 6.07) is 5.21. The van der Waals surface area contributed by atoms with Crippen LogP contribution in [0, 0.1) is 5.41 Å². The van der Waals surface area contributed by atoms with Gasteiger partial charge in [-0.1, -0.05) is 29.8 Å². The Labute approximate surface area is 135 Å². The summed E-state index contributed by atoms with van der Waals surface area (Å²) in [5.74, 6) is 1.05. The number of alkyl halides is 1. The summed E-state index contributed by atoms with van der Waals surface area (Å²) in [6.07, 6.45) is 2.14. The van der Waals surface area contributed by atoms with Crippen molar-refractivity contribution in [3.05, 3.63) is 23.8 Å². The number of nitrogens with one attached hydrogen (secondary N) is 1. The molecule has 5 heteroatoms. The van der Waals surface area contributed by atoms with Crippen LogP contribution in [0.5, 0.6) is 11.5 Å². The minimum absolute atomic E-state index is 0.0650. The van der Waals surface area contributed by atoms with Crippen LogP contribution in [0.2, 0.25) is 0 Å². The Bertz CT molecular complexity index is 475. The molecule has 0 saturated heterocycles. The zero-order valence-electron chi connectivity index (χ0n) is 13.2. The first-order valence-corrected chi connectivity index (χ1v) is 8.12. The highest BCUT2D eigenvalue weighted by molar-refractivity contribution is 9.09. The second-order valence-electron chi connectivity index (χ2n) is 5.71. The van der Waals surface area contributed by atoms with Gasteiger partial charge in [-0.05, 0) is 36.5 Å². The van der Waals surface area contributed by atoms with E-state index in [1.54, 1.807) is 32.4 Å². The first-order valence-electron chi connectivity index (χ1n) is 6.99. The Morgan fingerprint density at radius 2 is 2.00 bits per heavy atom. The van der Waals surface area contributed by atoms with Gasteiger partial charge in [-0.3, -0.25) is 4.79 Å². The van der Waals surface area contributed by atoms with Gasteiger partial charge in [-0.25, -0.2) is 0 Å². The molecule has 1 rings (SSSR count). The van der Waals surface area contributed by atoms with Crippen LogP contribution in [0.3, 0.4) is 0 Å². The van der Waals surface area contributed by atoms with Crippen molar-refractivity contribution in [3.8, 4) is 11.5 Å². The fourth-order valence-corrected chi connectivity index (χ4v) is 2.32. The molecule has 1 amide bonds. The van der Waals surface area contributed by atoms with Gasteiger partial charge in [0, 0.05) is 11.9 Å². The summed E-state index contributed by atoms with van der Waals surface area (Å²) in [5, 5.41) is 3.96. The maximum absolute atomic E-state index is 12.4. The highest BCUT2D eigenvalue weighted by atomic mass is 79.9.